The number of carbonyl (C=O) groups excluding carboxylic acids is 1. The largest absolute Gasteiger partial charge is 0.340 e. The number of nitrogens with zero attached hydrogens (tertiary/aromatic N) is 1. The van der Waals surface area contributed by atoms with Crippen molar-refractivity contribution < 1.29 is 4.79 Å². The number of hydrogen-bond donors (Lipinski definition) is 1. The van der Waals surface area contributed by atoms with Crippen LogP contribution in [0.2, 0.25) is 0 Å². The molecular formula is C12H24N2O. The van der Waals surface area contributed by atoms with Crippen LogP contribution in [0.3, 0.4) is 0 Å². The van der Waals surface area contributed by atoms with Gasteiger partial charge in [0.15, 0.2) is 0 Å². The van der Waals surface area contributed by atoms with Gasteiger partial charge in [0, 0.05) is 19.0 Å². The zero-order valence-electron chi connectivity index (χ0n) is 10.2. The summed E-state index contributed by atoms with van der Waals surface area (Å²) in [4.78, 5) is 13.9. The maximum atomic E-state index is 11.9. The summed E-state index contributed by atoms with van der Waals surface area (Å²) in [6.45, 7) is 8.08. The maximum absolute atomic E-state index is 11.9. The third kappa shape index (κ3) is 3.49. The first-order valence-electron chi connectivity index (χ1n) is 6.04. The summed E-state index contributed by atoms with van der Waals surface area (Å²) in [5, 5.41) is 0. The molecule has 0 aromatic carbocycles. The monoisotopic (exact) mass is 212 g/mol. The van der Waals surface area contributed by atoms with Gasteiger partial charge in [-0.05, 0) is 38.1 Å². The normalized spacial score (nSPS) is 28.1. The average Bonchev–Trinajstić information content (AvgIpc) is 2.53. The summed E-state index contributed by atoms with van der Waals surface area (Å²) < 4.78 is 0. The molecule has 0 spiro atoms. The van der Waals surface area contributed by atoms with E-state index in [1.165, 1.54) is 0 Å². The predicted molar refractivity (Wildman–Crippen MR) is 62.4 cm³/mol. The lowest BCUT2D eigenvalue weighted by Gasteiger charge is -2.22. The molecule has 1 heterocycles. The zero-order valence-corrected chi connectivity index (χ0v) is 10.2. The topological polar surface area (TPSA) is 46.3 Å². The molecule has 1 saturated heterocycles. The van der Waals surface area contributed by atoms with Crippen LogP contribution in [0.4, 0.5) is 0 Å². The van der Waals surface area contributed by atoms with E-state index in [4.69, 9.17) is 5.73 Å². The highest BCUT2D eigenvalue weighted by atomic mass is 16.2. The van der Waals surface area contributed by atoms with Crippen molar-refractivity contribution in [1.82, 2.24) is 4.90 Å². The Bertz CT molecular complexity index is 218. The van der Waals surface area contributed by atoms with Crippen molar-refractivity contribution in [1.29, 1.82) is 0 Å². The summed E-state index contributed by atoms with van der Waals surface area (Å²) in [5.74, 6) is 1.44. The van der Waals surface area contributed by atoms with Gasteiger partial charge in [-0.15, -0.1) is 0 Å². The molecule has 3 nitrogen and oxygen atoms in total. The second-order valence-electron chi connectivity index (χ2n) is 5.12. The highest BCUT2D eigenvalue weighted by molar-refractivity contribution is 5.76. The van der Waals surface area contributed by atoms with E-state index in [2.05, 4.69) is 20.8 Å². The van der Waals surface area contributed by atoms with E-state index in [-0.39, 0.29) is 0 Å². The van der Waals surface area contributed by atoms with E-state index in [1.54, 1.807) is 0 Å². The van der Waals surface area contributed by atoms with Crippen LogP contribution in [0.15, 0.2) is 0 Å². The summed E-state index contributed by atoms with van der Waals surface area (Å²) in [5.41, 5.74) is 5.54. The van der Waals surface area contributed by atoms with E-state index in [1.807, 2.05) is 4.90 Å². The second kappa shape index (κ2) is 5.50. The van der Waals surface area contributed by atoms with Gasteiger partial charge < -0.3 is 10.6 Å². The Labute approximate surface area is 93.0 Å². The van der Waals surface area contributed by atoms with Gasteiger partial charge in [0.05, 0.1) is 0 Å². The van der Waals surface area contributed by atoms with Crippen molar-refractivity contribution >= 4 is 5.91 Å². The van der Waals surface area contributed by atoms with Gasteiger partial charge in [-0.1, -0.05) is 13.8 Å². The van der Waals surface area contributed by atoms with Gasteiger partial charge in [-0.3, -0.25) is 4.79 Å². The Balaban J connectivity index is 2.34. The Morgan fingerprint density at radius 3 is 2.67 bits per heavy atom. The smallest absolute Gasteiger partial charge is 0.222 e. The Hall–Kier alpha value is -0.570. The van der Waals surface area contributed by atoms with Crippen LogP contribution in [0.1, 0.15) is 40.0 Å². The highest BCUT2D eigenvalue weighted by Crippen LogP contribution is 2.23. The van der Waals surface area contributed by atoms with Gasteiger partial charge in [0.25, 0.3) is 0 Å². The van der Waals surface area contributed by atoms with Crippen LogP contribution < -0.4 is 5.73 Å². The molecule has 3 heteroatoms. The van der Waals surface area contributed by atoms with Crippen LogP contribution in [0, 0.1) is 11.8 Å². The van der Waals surface area contributed by atoms with Gasteiger partial charge in [-0.25, -0.2) is 0 Å². The van der Waals surface area contributed by atoms with Gasteiger partial charge in [-0.2, -0.15) is 0 Å². The quantitative estimate of drug-likeness (QED) is 0.769. The molecule has 1 fully saturated rings. The first-order valence-corrected chi connectivity index (χ1v) is 6.04. The van der Waals surface area contributed by atoms with E-state index in [0.717, 1.165) is 19.4 Å². The lowest BCUT2D eigenvalue weighted by atomic mass is 10.1. The summed E-state index contributed by atoms with van der Waals surface area (Å²) in [6, 6.07) is 0.431. The molecular weight excluding hydrogens is 188 g/mol. The molecule has 88 valence electrons. The van der Waals surface area contributed by atoms with Crippen LogP contribution >= 0.6 is 0 Å². The number of carbonyl (C=O) groups is 1. The lowest BCUT2D eigenvalue weighted by Crippen LogP contribution is -2.34. The fourth-order valence-corrected chi connectivity index (χ4v) is 2.28. The van der Waals surface area contributed by atoms with Crippen molar-refractivity contribution in [3.05, 3.63) is 0 Å². The highest BCUT2D eigenvalue weighted by Gasteiger charge is 2.29. The average molecular weight is 212 g/mol. The van der Waals surface area contributed by atoms with Crippen molar-refractivity contribution in [2.24, 2.45) is 17.6 Å². The van der Waals surface area contributed by atoms with E-state index >= 15 is 0 Å². The summed E-state index contributed by atoms with van der Waals surface area (Å²) in [6.07, 6.45) is 2.74. The third-order valence-electron chi connectivity index (χ3n) is 3.36. The summed E-state index contributed by atoms with van der Waals surface area (Å²) >= 11 is 0. The number of hydrogen-bond acceptors (Lipinski definition) is 2. The minimum Gasteiger partial charge on any atom is -0.340 e. The number of amides is 1. The van der Waals surface area contributed by atoms with Crippen LogP contribution in [-0.4, -0.2) is 29.9 Å². The molecule has 0 radical (unpaired) electrons. The van der Waals surface area contributed by atoms with Gasteiger partial charge in [0.1, 0.15) is 0 Å². The van der Waals surface area contributed by atoms with Crippen LogP contribution in [0.5, 0.6) is 0 Å². The first kappa shape index (κ1) is 12.5. The summed E-state index contributed by atoms with van der Waals surface area (Å²) in [7, 11) is 0. The second-order valence-corrected chi connectivity index (χ2v) is 5.12. The molecule has 3 unspecified atom stereocenters. The molecule has 1 amide bonds. The van der Waals surface area contributed by atoms with Crippen molar-refractivity contribution in [2.75, 3.05) is 13.1 Å². The predicted octanol–water partition coefficient (Wildman–Crippen LogP) is 1.62. The Morgan fingerprint density at radius 1 is 1.53 bits per heavy atom. The molecule has 1 rings (SSSR count). The Morgan fingerprint density at radius 2 is 2.20 bits per heavy atom. The first-order chi connectivity index (χ1) is 7.04. The molecule has 15 heavy (non-hydrogen) atoms. The number of rotatable bonds is 4. The minimum atomic E-state index is 0.312. The minimum absolute atomic E-state index is 0.312. The van der Waals surface area contributed by atoms with Crippen LogP contribution in [-0.2, 0) is 4.79 Å². The molecule has 0 saturated carbocycles. The zero-order chi connectivity index (χ0) is 11.4. The Kier molecular flexibility index (Phi) is 4.58. The molecule has 3 atom stereocenters. The molecule has 1 aliphatic heterocycles. The molecule has 1 aliphatic rings. The van der Waals surface area contributed by atoms with Crippen molar-refractivity contribution in [2.45, 2.75) is 46.1 Å². The molecule has 0 aromatic heterocycles. The molecule has 0 aliphatic carbocycles. The molecule has 0 aromatic rings. The van der Waals surface area contributed by atoms with Crippen molar-refractivity contribution in [3.63, 3.8) is 0 Å². The SMILES string of the molecule is CC(CN)CCC(=O)N1CC(C)CC1C. The van der Waals surface area contributed by atoms with E-state index in [9.17, 15) is 4.79 Å². The van der Waals surface area contributed by atoms with Crippen LogP contribution in [0.25, 0.3) is 0 Å². The maximum Gasteiger partial charge on any atom is 0.222 e. The van der Waals surface area contributed by atoms with Gasteiger partial charge >= 0.3 is 0 Å². The van der Waals surface area contributed by atoms with Crippen molar-refractivity contribution in [3.8, 4) is 0 Å². The lowest BCUT2D eigenvalue weighted by molar-refractivity contribution is -0.132. The van der Waals surface area contributed by atoms with E-state index in [0.29, 0.717) is 36.8 Å². The van der Waals surface area contributed by atoms with Gasteiger partial charge in [0.2, 0.25) is 5.91 Å². The third-order valence-corrected chi connectivity index (χ3v) is 3.36. The standard InChI is InChI=1S/C12H24N2O/c1-9(7-13)4-5-12(15)14-8-10(2)6-11(14)3/h9-11H,4-8,13H2,1-3H3. The number of nitrogens with two attached hydrogens (primary N) is 1. The molecule has 0 bridgehead atoms. The molecule has 2 N–H and O–H groups in total. The van der Waals surface area contributed by atoms with E-state index < -0.39 is 0 Å². The number of likely N-dealkylation sites (tertiary alicyclic amines) is 1. The fraction of sp³-hybridized carbons (Fsp3) is 0.917. The fourth-order valence-electron chi connectivity index (χ4n) is 2.28.